The number of piperidine rings is 1. The highest BCUT2D eigenvalue weighted by molar-refractivity contribution is 7.98. The van der Waals surface area contributed by atoms with E-state index in [0.717, 1.165) is 35.5 Å². The highest BCUT2D eigenvalue weighted by Crippen LogP contribution is 2.30. The van der Waals surface area contributed by atoms with Crippen molar-refractivity contribution >= 4 is 38.8 Å². The largest absolute Gasteiger partial charge is 0.478 e. The van der Waals surface area contributed by atoms with E-state index in [0.29, 0.717) is 50.0 Å². The van der Waals surface area contributed by atoms with Gasteiger partial charge in [-0.15, -0.1) is 0 Å². The van der Waals surface area contributed by atoms with Gasteiger partial charge in [-0.05, 0) is 68.0 Å². The topological polar surface area (TPSA) is 102 Å². The van der Waals surface area contributed by atoms with Crippen LogP contribution in [0.3, 0.4) is 0 Å². The van der Waals surface area contributed by atoms with Crippen molar-refractivity contribution in [2.75, 3.05) is 26.3 Å². The molecule has 1 aliphatic heterocycles. The molecule has 0 bridgehead atoms. The third kappa shape index (κ3) is 6.11. The summed E-state index contributed by atoms with van der Waals surface area (Å²) < 4.78 is 35.9. The van der Waals surface area contributed by atoms with Gasteiger partial charge in [-0.2, -0.15) is 4.31 Å². The molecule has 1 N–H and O–H groups in total. The molecule has 3 aromatic rings. The minimum absolute atomic E-state index is 0.250. The number of aromatic nitrogens is 2. The van der Waals surface area contributed by atoms with E-state index in [-0.39, 0.29) is 10.5 Å². The standard InChI is InChI=1S/C26H33N3O5S2/c1-3-34-14-6-13-29-24-11-10-22(36(32,33)28-12-5-7-19(2)17-28)16-23(24)27-26(29)35-18-20-8-4-9-21(15-20)25(30)31/h4,8-11,15-16,19H,3,5-7,12-14,17-18H2,1-2H3,(H,30,31). The van der Waals surface area contributed by atoms with Gasteiger partial charge in [0.05, 0.1) is 21.5 Å². The highest BCUT2D eigenvalue weighted by atomic mass is 32.2. The summed E-state index contributed by atoms with van der Waals surface area (Å²) in [4.78, 5) is 16.4. The molecule has 36 heavy (non-hydrogen) atoms. The maximum absolute atomic E-state index is 13.3. The summed E-state index contributed by atoms with van der Waals surface area (Å²) in [6, 6.07) is 12.1. The predicted molar refractivity (Wildman–Crippen MR) is 141 cm³/mol. The molecule has 8 nitrogen and oxygen atoms in total. The lowest BCUT2D eigenvalue weighted by atomic mass is 10.0. The maximum atomic E-state index is 13.3. The molecule has 1 unspecified atom stereocenters. The fourth-order valence-electron chi connectivity index (χ4n) is 4.50. The lowest BCUT2D eigenvalue weighted by Crippen LogP contribution is -2.39. The Morgan fingerprint density at radius 2 is 2.08 bits per heavy atom. The lowest BCUT2D eigenvalue weighted by molar-refractivity contribution is 0.0696. The molecule has 2 heterocycles. The molecule has 2 aromatic carbocycles. The molecule has 1 saturated heterocycles. The van der Waals surface area contributed by atoms with Crippen molar-refractivity contribution in [2.24, 2.45) is 5.92 Å². The van der Waals surface area contributed by atoms with Crippen molar-refractivity contribution in [3.05, 3.63) is 53.6 Å². The number of hydrogen-bond acceptors (Lipinski definition) is 6. The Labute approximate surface area is 216 Å². The quantitative estimate of drug-likeness (QED) is 0.278. The van der Waals surface area contributed by atoms with Crippen molar-refractivity contribution < 1.29 is 23.1 Å². The SMILES string of the molecule is CCOCCCn1c(SCc2cccc(C(=O)O)c2)nc2cc(S(=O)(=O)N3CCCC(C)C3)ccc21. The summed E-state index contributed by atoms with van der Waals surface area (Å²) in [7, 11) is -3.58. The van der Waals surface area contributed by atoms with Crippen molar-refractivity contribution in [3.63, 3.8) is 0 Å². The first-order valence-corrected chi connectivity index (χ1v) is 14.8. The van der Waals surface area contributed by atoms with Crippen molar-refractivity contribution in [3.8, 4) is 0 Å². The number of aryl methyl sites for hydroxylation is 1. The van der Waals surface area contributed by atoms with Gasteiger partial charge >= 0.3 is 5.97 Å². The molecule has 1 aliphatic rings. The second-order valence-electron chi connectivity index (χ2n) is 9.15. The Morgan fingerprint density at radius 1 is 1.25 bits per heavy atom. The van der Waals surface area contributed by atoms with Gasteiger partial charge in [0.25, 0.3) is 0 Å². The molecule has 10 heteroatoms. The molecular weight excluding hydrogens is 498 g/mol. The smallest absolute Gasteiger partial charge is 0.335 e. The number of nitrogens with zero attached hydrogens (tertiary/aromatic N) is 3. The van der Waals surface area contributed by atoms with Crippen LogP contribution < -0.4 is 0 Å². The molecule has 1 fully saturated rings. The first kappa shape index (κ1) is 26.7. The van der Waals surface area contributed by atoms with Crippen LogP contribution in [-0.4, -0.2) is 59.7 Å². The van der Waals surface area contributed by atoms with E-state index in [1.807, 2.05) is 19.1 Å². The van der Waals surface area contributed by atoms with Gasteiger partial charge in [-0.25, -0.2) is 18.2 Å². The molecule has 1 atom stereocenters. The molecule has 0 spiro atoms. The van der Waals surface area contributed by atoms with E-state index in [1.54, 1.807) is 34.6 Å². The Balaban J connectivity index is 1.63. The number of carbonyl (C=O) groups is 1. The number of imidazole rings is 1. The summed E-state index contributed by atoms with van der Waals surface area (Å²) in [6.45, 7) is 7.11. The van der Waals surface area contributed by atoms with Gasteiger partial charge in [-0.1, -0.05) is 30.8 Å². The summed E-state index contributed by atoms with van der Waals surface area (Å²) in [5.74, 6) is -0.0570. The van der Waals surface area contributed by atoms with Gasteiger partial charge in [0, 0.05) is 38.6 Å². The van der Waals surface area contributed by atoms with E-state index in [1.165, 1.54) is 11.8 Å². The number of ether oxygens (including phenoxy) is 1. The zero-order valence-electron chi connectivity index (χ0n) is 20.7. The number of fused-ring (bicyclic) bond motifs is 1. The van der Waals surface area contributed by atoms with Crippen LogP contribution in [0.2, 0.25) is 0 Å². The molecule has 0 saturated carbocycles. The predicted octanol–water partition coefficient (Wildman–Crippen LogP) is 4.87. The average Bonchev–Trinajstić information content (AvgIpc) is 3.22. The molecule has 4 rings (SSSR count). The number of sulfonamides is 1. The van der Waals surface area contributed by atoms with Gasteiger partial charge in [-0.3, -0.25) is 0 Å². The van der Waals surface area contributed by atoms with Crippen LogP contribution in [0.15, 0.2) is 52.5 Å². The monoisotopic (exact) mass is 531 g/mol. The first-order valence-electron chi connectivity index (χ1n) is 12.3. The Kier molecular flexibility index (Phi) is 8.71. The second kappa shape index (κ2) is 11.8. The van der Waals surface area contributed by atoms with Crippen LogP contribution in [0, 0.1) is 5.92 Å². The number of thioether (sulfide) groups is 1. The van der Waals surface area contributed by atoms with Gasteiger partial charge < -0.3 is 14.4 Å². The second-order valence-corrected chi connectivity index (χ2v) is 12.0. The average molecular weight is 532 g/mol. The molecular formula is C26H33N3O5S2. The normalized spacial score (nSPS) is 17.0. The summed E-state index contributed by atoms with van der Waals surface area (Å²) in [6.07, 6.45) is 2.72. The Bertz CT molecular complexity index is 1320. The van der Waals surface area contributed by atoms with Crippen LogP contribution in [0.25, 0.3) is 11.0 Å². The molecule has 0 aliphatic carbocycles. The molecule has 0 amide bonds. The zero-order valence-corrected chi connectivity index (χ0v) is 22.4. The number of aromatic carboxylic acids is 1. The molecule has 1 aromatic heterocycles. The zero-order chi connectivity index (χ0) is 25.7. The minimum Gasteiger partial charge on any atom is -0.478 e. The fourth-order valence-corrected chi connectivity index (χ4v) is 7.10. The van der Waals surface area contributed by atoms with Gasteiger partial charge in [0.15, 0.2) is 5.16 Å². The number of carboxylic acid groups (broad SMARTS) is 1. The Hall–Kier alpha value is -2.40. The fraction of sp³-hybridized carbons (Fsp3) is 0.462. The number of rotatable bonds is 11. The third-order valence-electron chi connectivity index (χ3n) is 6.36. The third-order valence-corrected chi connectivity index (χ3v) is 9.27. The number of carboxylic acids is 1. The van der Waals surface area contributed by atoms with Crippen molar-refractivity contribution in [2.45, 2.75) is 55.5 Å². The van der Waals surface area contributed by atoms with E-state index in [9.17, 15) is 18.3 Å². The lowest BCUT2D eigenvalue weighted by Gasteiger charge is -2.30. The van der Waals surface area contributed by atoms with E-state index >= 15 is 0 Å². The van der Waals surface area contributed by atoms with Crippen LogP contribution in [-0.2, 0) is 27.1 Å². The molecule has 194 valence electrons. The number of hydrogen-bond donors (Lipinski definition) is 1. The summed E-state index contributed by atoms with van der Waals surface area (Å²) >= 11 is 1.51. The van der Waals surface area contributed by atoms with Gasteiger partial charge in [0.2, 0.25) is 10.0 Å². The highest BCUT2D eigenvalue weighted by Gasteiger charge is 2.29. The van der Waals surface area contributed by atoms with Crippen molar-refractivity contribution in [1.29, 1.82) is 0 Å². The van der Waals surface area contributed by atoms with Crippen LogP contribution in [0.5, 0.6) is 0 Å². The van der Waals surface area contributed by atoms with Crippen LogP contribution in [0.4, 0.5) is 0 Å². The van der Waals surface area contributed by atoms with Crippen molar-refractivity contribution in [1.82, 2.24) is 13.9 Å². The summed E-state index contributed by atoms with van der Waals surface area (Å²) in [5, 5.41) is 10.1. The van der Waals surface area contributed by atoms with E-state index in [2.05, 4.69) is 11.5 Å². The first-order chi connectivity index (χ1) is 17.3. The minimum atomic E-state index is -3.58. The Morgan fingerprint density at radius 3 is 2.83 bits per heavy atom. The number of benzene rings is 2. The van der Waals surface area contributed by atoms with Crippen LogP contribution in [0.1, 0.15) is 49.0 Å². The van der Waals surface area contributed by atoms with Crippen LogP contribution >= 0.6 is 11.8 Å². The van der Waals surface area contributed by atoms with Gasteiger partial charge in [0.1, 0.15) is 0 Å². The summed E-state index contributed by atoms with van der Waals surface area (Å²) in [5.41, 5.74) is 2.65. The van der Waals surface area contributed by atoms with E-state index in [4.69, 9.17) is 9.72 Å². The van der Waals surface area contributed by atoms with E-state index < -0.39 is 16.0 Å². The maximum Gasteiger partial charge on any atom is 0.335 e. The molecule has 0 radical (unpaired) electrons.